The van der Waals surface area contributed by atoms with Crippen LogP contribution in [0.1, 0.15) is 13.3 Å². The first kappa shape index (κ1) is 8.11. The molecule has 0 spiro atoms. The Morgan fingerprint density at radius 2 is 2.50 bits per heavy atom. The van der Waals surface area contributed by atoms with Gasteiger partial charge in [0.1, 0.15) is 0 Å². The van der Waals surface area contributed by atoms with Crippen LogP contribution in [0.5, 0.6) is 0 Å². The zero-order chi connectivity index (χ0) is 6.41. The number of carbonyl (C=O) groups excluding carboxylic acids is 1. The van der Waals surface area contributed by atoms with Gasteiger partial charge in [-0.15, -0.1) is 0 Å². The maximum absolute atomic E-state index is 10.3. The highest BCUT2D eigenvalue weighted by molar-refractivity contribution is 8.20. The number of hydrogen-bond donors (Lipinski definition) is 0. The molecule has 0 atom stereocenters. The van der Waals surface area contributed by atoms with Gasteiger partial charge in [0.15, 0.2) is 5.94 Å². The summed E-state index contributed by atoms with van der Waals surface area (Å²) < 4.78 is 4.53. The Bertz CT molecular complexity index is 76.4. The van der Waals surface area contributed by atoms with Gasteiger partial charge in [0.25, 0.3) is 0 Å². The van der Waals surface area contributed by atoms with Gasteiger partial charge in [0.05, 0.1) is 0 Å². The van der Waals surface area contributed by atoms with Crippen LogP contribution in [-0.4, -0.2) is 11.9 Å². The minimum Gasteiger partial charge on any atom is -0.453 e. The van der Waals surface area contributed by atoms with Crippen LogP contribution in [-0.2, 0) is 9.53 Å². The second-order valence-corrected chi connectivity index (χ2v) is 2.21. The molecule has 0 saturated heterocycles. The van der Waals surface area contributed by atoms with Gasteiger partial charge in [-0.3, -0.25) is 4.79 Å². The lowest BCUT2D eigenvalue weighted by atomic mass is 10.5. The Balaban J connectivity index is 2.99. The fraction of sp³-hybridized carbons (Fsp3) is 0.750. The molecule has 0 N–H and O–H groups in total. The number of hydrogen-bond acceptors (Lipinski definition) is 3. The van der Waals surface area contributed by atoms with Gasteiger partial charge < -0.3 is 4.74 Å². The summed E-state index contributed by atoms with van der Waals surface area (Å²) in [5.41, 5.74) is 0. The van der Waals surface area contributed by atoms with E-state index in [1.807, 2.05) is 0 Å². The summed E-state index contributed by atoms with van der Waals surface area (Å²) in [6.07, 6.45) is 0.414. The van der Waals surface area contributed by atoms with E-state index in [0.717, 1.165) is 11.0 Å². The number of esters is 1. The van der Waals surface area contributed by atoms with Crippen LogP contribution < -0.4 is 0 Å². The summed E-state index contributed by atoms with van der Waals surface area (Å²) in [7, 11) is 6.12. The van der Waals surface area contributed by atoms with Gasteiger partial charge in [-0.1, -0.05) is 6.92 Å². The average molecular weight is 155 g/mol. The van der Waals surface area contributed by atoms with E-state index in [-0.39, 0.29) is 11.9 Å². The molecule has 8 heavy (non-hydrogen) atoms. The molecule has 0 fully saturated rings. The molecule has 4 heteroatoms. The summed E-state index contributed by atoms with van der Waals surface area (Å²) in [4.78, 5) is 10.3. The van der Waals surface area contributed by atoms with E-state index < -0.39 is 0 Å². The summed E-state index contributed by atoms with van der Waals surface area (Å²) in [6, 6.07) is 0. The van der Waals surface area contributed by atoms with Crippen LogP contribution in [0.4, 0.5) is 0 Å². The first-order valence-electron chi connectivity index (χ1n) is 2.20. The number of carbonyl (C=O) groups is 1. The summed E-state index contributed by atoms with van der Waals surface area (Å²) in [5.74, 6) is 0.0342. The van der Waals surface area contributed by atoms with Gasteiger partial charge in [0, 0.05) is 6.42 Å². The van der Waals surface area contributed by atoms with E-state index in [4.69, 9.17) is 10.7 Å². The Kier molecular flexibility index (Phi) is 5.32. The highest BCUT2D eigenvalue weighted by atomic mass is 35.7. The van der Waals surface area contributed by atoms with Crippen LogP contribution in [0.25, 0.3) is 0 Å². The Hall–Kier alpha value is 0.110. The molecule has 48 valence electrons. The maximum Gasteiger partial charge on any atom is 0.306 e. The van der Waals surface area contributed by atoms with Crippen molar-refractivity contribution in [1.29, 1.82) is 0 Å². The van der Waals surface area contributed by atoms with Crippen molar-refractivity contribution >= 4 is 27.6 Å². The normalized spacial score (nSPS) is 8.75. The Morgan fingerprint density at radius 1 is 1.88 bits per heavy atom. The summed E-state index contributed by atoms with van der Waals surface area (Å²) >= 11 is 0. The highest BCUT2D eigenvalue weighted by Gasteiger charge is 1.94. The van der Waals surface area contributed by atoms with Gasteiger partial charge in [-0.25, -0.2) is 0 Å². The van der Waals surface area contributed by atoms with Crippen molar-refractivity contribution in [3.63, 3.8) is 0 Å². The third-order valence-corrected chi connectivity index (χ3v) is 1.03. The molecule has 0 amide bonds. The molecule has 0 heterocycles. The molecular weight excluding hydrogens is 148 g/mol. The molecule has 0 aliphatic rings. The van der Waals surface area contributed by atoms with Crippen molar-refractivity contribution in [2.75, 3.05) is 5.94 Å². The first-order valence-corrected chi connectivity index (χ1v) is 4.01. The second kappa shape index (κ2) is 5.25. The van der Waals surface area contributed by atoms with Gasteiger partial charge in [-0.2, -0.15) is 0 Å². The fourth-order valence-electron chi connectivity index (χ4n) is 0.190. The number of ether oxygens (including phenoxy) is 1. The minimum atomic E-state index is -0.210. The molecular formula is C4H7ClO2S. The van der Waals surface area contributed by atoms with E-state index in [1.54, 1.807) is 6.92 Å². The molecule has 0 unspecified atom stereocenters. The highest BCUT2D eigenvalue weighted by Crippen LogP contribution is 2.05. The third kappa shape index (κ3) is 4.27. The fourth-order valence-corrected chi connectivity index (χ4v) is 0.500. The zero-order valence-electron chi connectivity index (χ0n) is 4.52. The van der Waals surface area contributed by atoms with Crippen LogP contribution in [0.2, 0.25) is 0 Å². The molecule has 0 saturated carbocycles. The number of rotatable bonds is 3. The predicted molar refractivity (Wildman–Crippen MR) is 34.7 cm³/mol. The largest absolute Gasteiger partial charge is 0.453 e. The SMILES string of the molecule is CCC(=O)OCSCl. The Morgan fingerprint density at radius 3 is 2.88 bits per heavy atom. The molecule has 0 aliphatic carbocycles. The van der Waals surface area contributed by atoms with E-state index >= 15 is 0 Å². The quantitative estimate of drug-likeness (QED) is 0.458. The number of halogens is 1. The Labute approximate surface area is 57.0 Å². The molecule has 0 radical (unpaired) electrons. The van der Waals surface area contributed by atoms with Crippen molar-refractivity contribution in [3.05, 3.63) is 0 Å². The molecule has 0 aromatic rings. The van der Waals surface area contributed by atoms with Crippen molar-refractivity contribution in [3.8, 4) is 0 Å². The molecule has 0 rings (SSSR count). The van der Waals surface area contributed by atoms with Gasteiger partial charge in [-0.05, 0) is 21.7 Å². The lowest BCUT2D eigenvalue weighted by molar-refractivity contribution is -0.140. The van der Waals surface area contributed by atoms with Crippen LogP contribution >= 0.6 is 21.7 Å². The maximum atomic E-state index is 10.3. The average Bonchev–Trinajstić information content (AvgIpc) is 1.83. The van der Waals surface area contributed by atoms with Crippen LogP contribution in [0, 0.1) is 0 Å². The van der Waals surface area contributed by atoms with Crippen molar-refractivity contribution in [1.82, 2.24) is 0 Å². The zero-order valence-corrected chi connectivity index (χ0v) is 6.09. The van der Waals surface area contributed by atoms with E-state index in [2.05, 4.69) is 4.74 Å². The smallest absolute Gasteiger partial charge is 0.306 e. The minimum absolute atomic E-state index is 0.210. The first-order chi connectivity index (χ1) is 3.81. The van der Waals surface area contributed by atoms with E-state index in [0.29, 0.717) is 6.42 Å². The van der Waals surface area contributed by atoms with Gasteiger partial charge in [0.2, 0.25) is 0 Å². The van der Waals surface area contributed by atoms with Gasteiger partial charge >= 0.3 is 5.97 Å². The molecule has 2 nitrogen and oxygen atoms in total. The predicted octanol–water partition coefficient (Wildman–Crippen LogP) is 1.78. The summed E-state index contributed by atoms with van der Waals surface area (Å²) in [5, 5.41) is 0. The van der Waals surface area contributed by atoms with E-state index in [1.165, 1.54) is 0 Å². The van der Waals surface area contributed by atoms with Crippen LogP contribution in [0.15, 0.2) is 0 Å². The van der Waals surface area contributed by atoms with Crippen molar-refractivity contribution in [2.24, 2.45) is 0 Å². The standard InChI is InChI=1S/C4H7ClO2S/c1-2-4(6)7-3-8-5/h2-3H2,1H3. The molecule has 0 aliphatic heterocycles. The molecule has 0 aromatic heterocycles. The molecule has 0 aromatic carbocycles. The third-order valence-electron chi connectivity index (χ3n) is 0.553. The monoisotopic (exact) mass is 154 g/mol. The lowest BCUT2D eigenvalue weighted by Crippen LogP contribution is -1.99. The van der Waals surface area contributed by atoms with Crippen molar-refractivity contribution in [2.45, 2.75) is 13.3 Å². The van der Waals surface area contributed by atoms with Crippen LogP contribution in [0.3, 0.4) is 0 Å². The topological polar surface area (TPSA) is 26.3 Å². The lowest BCUT2D eigenvalue weighted by Gasteiger charge is -1.95. The van der Waals surface area contributed by atoms with Crippen molar-refractivity contribution < 1.29 is 9.53 Å². The second-order valence-electron chi connectivity index (χ2n) is 1.10. The summed E-state index contributed by atoms with van der Waals surface area (Å²) in [6.45, 7) is 1.74. The molecule has 0 bridgehead atoms. The van der Waals surface area contributed by atoms with E-state index in [9.17, 15) is 4.79 Å².